The van der Waals surface area contributed by atoms with Gasteiger partial charge in [0, 0.05) is 5.22 Å². The molecule has 1 atom stereocenters. The second kappa shape index (κ2) is 6.51. The maximum atomic E-state index is 13.0. The lowest BCUT2D eigenvalue weighted by atomic mass is 9.94. The number of nitrogens with zero attached hydrogens (tertiary/aromatic N) is 3. The van der Waals surface area contributed by atoms with Crippen LogP contribution in [-0.2, 0) is 6.61 Å². The van der Waals surface area contributed by atoms with Crippen LogP contribution in [0.15, 0.2) is 47.6 Å². The van der Waals surface area contributed by atoms with E-state index in [0.29, 0.717) is 12.5 Å². The number of rotatable bonds is 5. The van der Waals surface area contributed by atoms with Gasteiger partial charge >= 0.3 is 0 Å². The third-order valence-electron chi connectivity index (χ3n) is 4.27. The van der Waals surface area contributed by atoms with Gasteiger partial charge in [-0.25, -0.2) is 4.39 Å². The van der Waals surface area contributed by atoms with Gasteiger partial charge in [-0.2, -0.15) is 5.10 Å². The Kier molecular flexibility index (Phi) is 4.42. The summed E-state index contributed by atoms with van der Waals surface area (Å²) in [6.45, 7) is 6.51. The zero-order valence-corrected chi connectivity index (χ0v) is 14.1. The molecule has 1 unspecified atom stereocenters. The first kappa shape index (κ1) is 16.3. The maximum absolute atomic E-state index is 13.0. The van der Waals surface area contributed by atoms with Crippen molar-refractivity contribution in [3.8, 4) is 5.88 Å². The molecule has 124 valence electrons. The molecular weight excluding hydrogens is 305 g/mol. The van der Waals surface area contributed by atoms with E-state index in [1.165, 1.54) is 12.1 Å². The van der Waals surface area contributed by atoms with E-state index >= 15 is 0 Å². The molecule has 5 heteroatoms. The minimum atomic E-state index is -0.392. The Morgan fingerprint density at radius 1 is 1.25 bits per heavy atom. The van der Waals surface area contributed by atoms with Crippen LogP contribution in [0.3, 0.4) is 0 Å². The molecule has 4 nitrogen and oxygen atoms in total. The highest BCUT2D eigenvalue weighted by atomic mass is 19.1. The topological polar surface area (TPSA) is 47.4 Å². The van der Waals surface area contributed by atoms with Gasteiger partial charge in [0.1, 0.15) is 17.8 Å². The number of ether oxygens (including phenoxy) is 1. The minimum Gasteiger partial charge on any atom is -0.470 e. The van der Waals surface area contributed by atoms with Crippen molar-refractivity contribution < 1.29 is 9.13 Å². The highest BCUT2D eigenvalue weighted by Crippen LogP contribution is 2.25. The lowest BCUT2D eigenvalue weighted by molar-refractivity contribution is 0.285. The first-order chi connectivity index (χ1) is 11.5. The molecule has 3 rings (SSSR count). The van der Waals surface area contributed by atoms with Gasteiger partial charge in [0.15, 0.2) is 0 Å². The number of halogens is 1. The highest BCUT2D eigenvalue weighted by molar-refractivity contribution is 5.59. The molecule has 0 radical (unpaired) electrons. The minimum absolute atomic E-state index is 0.266. The molecule has 0 saturated carbocycles. The van der Waals surface area contributed by atoms with Gasteiger partial charge in [0.25, 0.3) is 5.88 Å². The van der Waals surface area contributed by atoms with E-state index in [4.69, 9.17) is 9.73 Å². The third-order valence-corrected chi connectivity index (χ3v) is 4.27. The van der Waals surface area contributed by atoms with Crippen LogP contribution < -0.4 is 15.3 Å². The molecule has 0 bridgehead atoms. The Morgan fingerprint density at radius 2 is 2.00 bits per heavy atom. The Bertz CT molecular complexity index is 890. The largest absolute Gasteiger partial charge is 0.470 e. The van der Waals surface area contributed by atoms with E-state index < -0.39 is 5.54 Å². The molecule has 1 aromatic heterocycles. The van der Waals surface area contributed by atoms with Crippen molar-refractivity contribution in [2.45, 2.75) is 39.3 Å². The molecule has 0 aliphatic carbocycles. The van der Waals surface area contributed by atoms with Crippen molar-refractivity contribution in [2.24, 2.45) is 4.99 Å². The van der Waals surface area contributed by atoms with E-state index in [1.807, 2.05) is 0 Å². The SMILES string of the molecule is CCC=CC1(C)N=c2c(OCc3ccc(F)cc3)nncc2=C1C. The number of allylic oxidation sites excluding steroid dienone is 1. The Labute approximate surface area is 140 Å². The summed E-state index contributed by atoms with van der Waals surface area (Å²) >= 11 is 0. The van der Waals surface area contributed by atoms with Crippen molar-refractivity contribution in [1.29, 1.82) is 0 Å². The molecule has 0 fully saturated rings. The Balaban J connectivity index is 1.93. The van der Waals surface area contributed by atoms with E-state index in [-0.39, 0.29) is 5.82 Å². The predicted octanol–water partition coefficient (Wildman–Crippen LogP) is 2.72. The second-order valence-electron chi connectivity index (χ2n) is 6.02. The fourth-order valence-electron chi connectivity index (χ4n) is 2.67. The van der Waals surface area contributed by atoms with Crippen molar-refractivity contribution >= 4 is 5.57 Å². The predicted molar refractivity (Wildman–Crippen MR) is 90.5 cm³/mol. The van der Waals surface area contributed by atoms with E-state index in [1.54, 1.807) is 18.3 Å². The summed E-state index contributed by atoms with van der Waals surface area (Å²) in [4.78, 5) is 4.82. The lowest BCUT2D eigenvalue weighted by Crippen LogP contribution is -2.27. The summed E-state index contributed by atoms with van der Waals surface area (Å²) < 4.78 is 18.8. The van der Waals surface area contributed by atoms with Crippen LogP contribution in [0, 0.1) is 5.82 Å². The van der Waals surface area contributed by atoms with Crippen LogP contribution in [0.2, 0.25) is 0 Å². The lowest BCUT2D eigenvalue weighted by Gasteiger charge is -2.18. The fraction of sp³-hybridized carbons (Fsp3) is 0.316. The van der Waals surface area contributed by atoms with Crippen molar-refractivity contribution in [1.82, 2.24) is 10.2 Å². The highest BCUT2D eigenvalue weighted by Gasteiger charge is 2.28. The molecule has 1 aliphatic rings. The maximum Gasteiger partial charge on any atom is 0.260 e. The third kappa shape index (κ3) is 3.07. The zero-order valence-electron chi connectivity index (χ0n) is 14.1. The first-order valence-corrected chi connectivity index (χ1v) is 8.01. The molecule has 24 heavy (non-hydrogen) atoms. The average molecular weight is 325 g/mol. The van der Waals surface area contributed by atoms with Crippen LogP contribution in [0.4, 0.5) is 4.39 Å². The normalized spacial score (nSPS) is 19.4. The van der Waals surface area contributed by atoms with Gasteiger partial charge in [0.2, 0.25) is 0 Å². The molecule has 0 spiro atoms. The number of aromatic nitrogens is 2. The standard InChI is InChI=1S/C19H20FN3O/c1-4-5-10-19(3)13(2)16-11-21-23-18(17(16)22-19)24-12-14-6-8-15(20)9-7-14/h5-11H,4,12H2,1-3H3. The Morgan fingerprint density at radius 3 is 2.71 bits per heavy atom. The summed E-state index contributed by atoms with van der Waals surface area (Å²) in [6.07, 6.45) is 6.90. The van der Waals surface area contributed by atoms with Crippen LogP contribution in [0.25, 0.3) is 5.57 Å². The smallest absolute Gasteiger partial charge is 0.260 e. The summed E-state index contributed by atoms with van der Waals surface area (Å²) in [5.41, 5.74) is 1.60. The van der Waals surface area contributed by atoms with E-state index in [2.05, 4.69) is 43.1 Å². The zero-order chi connectivity index (χ0) is 17.2. The van der Waals surface area contributed by atoms with Gasteiger partial charge in [-0.05, 0) is 43.5 Å². The quantitative estimate of drug-likeness (QED) is 0.794. The number of benzene rings is 1. The summed E-state index contributed by atoms with van der Waals surface area (Å²) in [7, 11) is 0. The molecule has 2 aromatic rings. The molecular formula is C19H20FN3O. The number of fused-ring (bicyclic) bond motifs is 1. The van der Waals surface area contributed by atoms with Gasteiger partial charge in [-0.1, -0.05) is 31.2 Å². The molecule has 1 aromatic carbocycles. The molecule has 2 heterocycles. The van der Waals surface area contributed by atoms with Crippen molar-refractivity contribution in [2.75, 3.05) is 0 Å². The molecule has 0 N–H and O–H groups in total. The van der Waals surface area contributed by atoms with Crippen LogP contribution in [0.1, 0.15) is 32.8 Å². The van der Waals surface area contributed by atoms with Gasteiger partial charge in [-0.15, -0.1) is 5.10 Å². The summed E-state index contributed by atoms with van der Waals surface area (Å²) in [5.74, 6) is 0.141. The van der Waals surface area contributed by atoms with Crippen molar-refractivity contribution in [3.63, 3.8) is 0 Å². The van der Waals surface area contributed by atoms with Gasteiger partial charge in [0.05, 0.1) is 11.7 Å². The molecule has 1 aliphatic heterocycles. The fourth-order valence-corrected chi connectivity index (χ4v) is 2.67. The van der Waals surface area contributed by atoms with E-state index in [9.17, 15) is 4.39 Å². The number of hydrogen-bond acceptors (Lipinski definition) is 4. The van der Waals surface area contributed by atoms with E-state index in [0.717, 1.165) is 28.1 Å². The summed E-state index contributed by atoms with van der Waals surface area (Å²) in [6, 6.07) is 6.20. The van der Waals surface area contributed by atoms with Crippen molar-refractivity contribution in [3.05, 3.63) is 64.6 Å². The molecule has 0 saturated heterocycles. The molecule has 0 amide bonds. The first-order valence-electron chi connectivity index (χ1n) is 8.01. The number of hydrogen-bond donors (Lipinski definition) is 0. The van der Waals surface area contributed by atoms with Crippen LogP contribution >= 0.6 is 0 Å². The summed E-state index contributed by atoms with van der Waals surface area (Å²) in [5, 5.41) is 9.81. The van der Waals surface area contributed by atoms with Gasteiger partial charge < -0.3 is 4.74 Å². The monoisotopic (exact) mass is 325 g/mol. The van der Waals surface area contributed by atoms with Crippen LogP contribution in [-0.4, -0.2) is 15.7 Å². The second-order valence-corrected chi connectivity index (χ2v) is 6.02. The van der Waals surface area contributed by atoms with Crippen LogP contribution in [0.5, 0.6) is 5.88 Å². The van der Waals surface area contributed by atoms with Gasteiger partial charge in [-0.3, -0.25) is 4.99 Å². The average Bonchev–Trinajstić information content (AvgIpc) is 2.85. The Hall–Kier alpha value is -2.56.